The molecule has 0 bridgehead atoms. The van der Waals surface area contributed by atoms with E-state index in [2.05, 4.69) is 23.8 Å². The average molecular weight is 138 g/mol. The van der Waals surface area contributed by atoms with Crippen LogP contribution in [0.4, 0.5) is 0 Å². The number of nitrogens with one attached hydrogen (secondary N) is 2. The molecule has 56 valence electrons. The van der Waals surface area contributed by atoms with Gasteiger partial charge in [-0.05, 0) is 19.3 Å². The van der Waals surface area contributed by atoms with Crippen molar-refractivity contribution in [3.05, 3.63) is 37.2 Å². The van der Waals surface area contributed by atoms with Crippen LogP contribution in [0.1, 0.15) is 0 Å². The lowest BCUT2D eigenvalue weighted by Crippen LogP contribution is -2.06. The molecule has 0 saturated carbocycles. The van der Waals surface area contributed by atoms with E-state index in [0.717, 1.165) is 12.2 Å². The smallest absolute Gasteiger partial charge is 0.0300 e. The third-order valence-corrected chi connectivity index (χ3v) is 0.955. The lowest BCUT2D eigenvalue weighted by atomic mass is 10.5. The second-order valence-electron chi connectivity index (χ2n) is 1.83. The zero-order chi connectivity index (χ0) is 7.82. The third kappa shape index (κ3) is 5.12. The number of rotatable bonds is 5. The molecule has 0 amide bonds. The third-order valence-electron chi connectivity index (χ3n) is 0.955. The Hall–Kier alpha value is -1.02. The van der Waals surface area contributed by atoms with Crippen molar-refractivity contribution < 1.29 is 0 Å². The van der Waals surface area contributed by atoms with Crippen molar-refractivity contribution in [1.29, 1.82) is 0 Å². The van der Waals surface area contributed by atoms with Crippen molar-refractivity contribution in [2.75, 3.05) is 13.6 Å². The number of allylic oxidation sites excluding steroid dienone is 1. The van der Waals surface area contributed by atoms with Crippen LogP contribution >= 0.6 is 0 Å². The SMILES string of the molecule is C=CC(=C)NC=CCNC. The molecule has 0 unspecified atom stereocenters. The molecule has 0 heterocycles. The molecule has 0 radical (unpaired) electrons. The van der Waals surface area contributed by atoms with Gasteiger partial charge in [-0.3, -0.25) is 0 Å². The molecule has 0 aliphatic rings. The first-order valence-corrected chi connectivity index (χ1v) is 3.18. The molecule has 2 nitrogen and oxygen atoms in total. The molecule has 0 aliphatic carbocycles. The summed E-state index contributed by atoms with van der Waals surface area (Å²) in [6.07, 6.45) is 5.47. The molecule has 0 fully saturated rings. The maximum Gasteiger partial charge on any atom is 0.0300 e. The van der Waals surface area contributed by atoms with Crippen LogP contribution in [-0.2, 0) is 0 Å². The predicted molar refractivity (Wildman–Crippen MR) is 45.5 cm³/mol. The molecule has 10 heavy (non-hydrogen) atoms. The molecular formula is C8H14N2. The Kier molecular flexibility index (Phi) is 5.48. The van der Waals surface area contributed by atoms with E-state index in [0.29, 0.717) is 0 Å². The van der Waals surface area contributed by atoms with E-state index in [-0.39, 0.29) is 0 Å². The van der Waals surface area contributed by atoms with Crippen LogP contribution in [0.2, 0.25) is 0 Å². The second kappa shape index (κ2) is 6.11. The van der Waals surface area contributed by atoms with Gasteiger partial charge in [-0.15, -0.1) is 0 Å². The Morgan fingerprint density at radius 1 is 1.60 bits per heavy atom. The van der Waals surface area contributed by atoms with Crippen molar-refractivity contribution in [3.8, 4) is 0 Å². The Bertz CT molecular complexity index is 136. The molecule has 0 aromatic carbocycles. The first-order valence-electron chi connectivity index (χ1n) is 3.18. The molecule has 2 heteroatoms. The molecule has 0 atom stereocenters. The summed E-state index contributed by atoms with van der Waals surface area (Å²) < 4.78 is 0. The highest BCUT2D eigenvalue weighted by Crippen LogP contribution is 1.81. The summed E-state index contributed by atoms with van der Waals surface area (Å²) in [7, 11) is 1.90. The molecule has 0 spiro atoms. The average Bonchev–Trinajstić information content (AvgIpc) is 1.98. The van der Waals surface area contributed by atoms with E-state index in [1.807, 2.05) is 19.3 Å². The van der Waals surface area contributed by atoms with E-state index >= 15 is 0 Å². The minimum Gasteiger partial charge on any atom is -0.362 e. The Morgan fingerprint density at radius 2 is 2.30 bits per heavy atom. The van der Waals surface area contributed by atoms with Crippen molar-refractivity contribution in [2.45, 2.75) is 0 Å². The van der Waals surface area contributed by atoms with Crippen LogP contribution in [0.25, 0.3) is 0 Å². The zero-order valence-corrected chi connectivity index (χ0v) is 6.35. The highest BCUT2D eigenvalue weighted by Gasteiger charge is 1.76. The zero-order valence-electron chi connectivity index (χ0n) is 6.35. The van der Waals surface area contributed by atoms with Gasteiger partial charge in [-0.1, -0.05) is 19.2 Å². The molecular weight excluding hydrogens is 124 g/mol. The normalized spacial score (nSPS) is 9.70. The van der Waals surface area contributed by atoms with Gasteiger partial charge in [-0.2, -0.15) is 0 Å². The van der Waals surface area contributed by atoms with Gasteiger partial charge in [0.25, 0.3) is 0 Å². The molecule has 0 rings (SSSR count). The first kappa shape index (κ1) is 8.98. The lowest BCUT2D eigenvalue weighted by Gasteiger charge is -1.96. The fourth-order valence-corrected chi connectivity index (χ4v) is 0.402. The van der Waals surface area contributed by atoms with E-state index < -0.39 is 0 Å². The monoisotopic (exact) mass is 138 g/mol. The maximum atomic E-state index is 3.67. The second-order valence-corrected chi connectivity index (χ2v) is 1.83. The van der Waals surface area contributed by atoms with Gasteiger partial charge in [0, 0.05) is 12.2 Å². The lowest BCUT2D eigenvalue weighted by molar-refractivity contribution is 0.912. The topological polar surface area (TPSA) is 24.1 Å². The van der Waals surface area contributed by atoms with Crippen molar-refractivity contribution in [3.63, 3.8) is 0 Å². The van der Waals surface area contributed by atoms with Crippen molar-refractivity contribution >= 4 is 0 Å². The summed E-state index contributed by atoms with van der Waals surface area (Å²) in [4.78, 5) is 0. The van der Waals surface area contributed by atoms with Gasteiger partial charge < -0.3 is 10.6 Å². The van der Waals surface area contributed by atoms with Gasteiger partial charge in [0.05, 0.1) is 0 Å². The summed E-state index contributed by atoms with van der Waals surface area (Å²) in [5.74, 6) is 0. The van der Waals surface area contributed by atoms with Gasteiger partial charge in [0.1, 0.15) is 0 Å². The van der Waals surface area contributed by atoms with Gasteiger partial charge in [-0.25, -0.2) is 0 Å². The summed E-state index contributed by atoms with van der Waals surface area (Å²) in [6.45, 7) is 8.08. The van der Waals surface area contributed by atoms with E-state index in [1.54, 1.807) is 6.08 Å². The summed E-state index contributed by atoms with van der Waals surface area (Å²) in [5, 5.41) is 5.91. The van der Waals surface area contributed by atoms with Crippen LogP contribution in [0.5, 0.6) is 0 Å². The van der Waals surface area contributed by atoms with Gasteiger partial charge in [0.15, 0.2) is 0 Å². The van der Waals surface area contributed by atoms with Crippen LogP contribution in [-0.4, -0.2) is 13.6 Å². The standard InChI is InChI=1S/C8H14N2/c1-4-8(2)10-7-5-6-9-3/h4-5,7,9-10H,1-2,6H2,3H3. The Morgan fingerprint density at radius 3 is 2.80 bits per heavy atom. The van der Waals surface area contributed by atoms with Gasteiger partial charge >= 0.3 is 0 Å². The minimum absolute atomic E-state index is 0.812. The van der Waals surface area contributed by atoms with Crippen LogP contribution in [0.3, 0.4) is 0 Å². The molecule has 0 saturated heterocycles. The van der Waals surface area contributed by atoms with Crippen LogP contribution in [0.15, 0.2) is 37.2 Å². The van der Waals surface area contributed by atoms with E-state index in [4.69, 9.17) is 0 Å². The first-order chi connectivity index (χ1) is 4.81. The quantitative estimate of drug-likeness (QED) is 0.554. The largest absolute Gasteiger partial charge is 0.362 e. The number of hydrogen-bond donors (Lipinski definition) is 2. The van der Waals surface area contributed by atoms with Crippen molar-refractivity contribution in [2.24, 2.45) is 0 Å². The van der Waals surface area contributed by atoms with Gasteiger partial charge in [0.2, 0.25) is 0 Å². The highest BCUT2D eigenvalue weighted by molar-refractivity contribution is 5.11. The predicted octanol–water partition coefficient (Wildman–Crippen LogP) is 1.01. The summed E-state index contributed by atoms with van der Waals surface area (Å²) in [6, 6.07) is 0. The fraction of sp³-hybridized carbons (Fsp3) is 0.250. The summed E-state index contributed by atoms with van der Waals surface area (Å²) >= 11 is 0. The minimum atomic E-state index is 0.812. The fourth-order valence-electron chi connectivity index (χ4n) is 0.402. The van der Waals surface area contributed by atoms with E-state index in [1.165, 1.54) is 0 Å². The molecule has 0 aromatic rings. The summed E-state index contributed by atoms with van der Waals surface area (Å²) in [5.41, 5.74) is 0.812. The Labute approximate surface area is 62.3 Å². The van der Waals surface area contributed by atoms with E-state index in [9.17, 15) is 0 Å². The number of likely N-dealkylation sites (N-methyl/N-ethyl adjacent to an activating group) is 1. The Balaban J connectivity index is 3.33. The van der Waals surface area contributed by atoms with Crippen LogP contribution in [0, 0.1) is 0 Å². The molecule has 0 aliphatic heterocycles. The number of hydrogen-bond acceptors (Lipinski definition) is 2. The van der Waals surface area contributed by atoms with Crippen molar-refractivity contribution in [1.82, 2.24) is 10.6 Å². The highest BCUT2D eigenvalue weighted by atomic mass is 14.8. The molecule has 2 N–H and O–H groups in total. The maximum absolute atomic E-state index is 3.67. The van der Waals surface area contributed by atoms with Crippen LogP contribution < -0.4 is 10.6 Å². The molecule has 0 aromatic heterocycles.